The Morgan fingerprint density at radius 2 is 1.91 bits per heavy atom. The van der Waals surface area contributed by atoms with Crippen molar-refractivity contribution in [3.8, 4) is 11.6 Å². The van der Waals surface area contributed by atoms with Gasteiger partial charge in [0.15, 0.2) is 0 Å². The standard InChI is InChI=1S/C24H23F3N4O2/c1-15(17-6-9-24(26,27)20(12-17)16-7-10-28-11-8-16)23(32)31-21-4-3-19(14-29-21)33-22-5-2-18(25)13-30-22/h2-5,7-8,10-11,13-15,17,20H,6,9,12H2,1H3,(H,29,31,32)/t15?,17-,20+/m0/s1. The minimum atomic E-state index is -2.81. The van der Waals surface area contributed by atoms with E-state index < -0.39 is 23.6 Å². The van der Waals surface area contributed by atoms with Crippen molar-refractivity contribution >= 4 is 11.7 Å². The Morgan fingerprint density at radius 3 is 2.58 bits per heavy atom. The second-order valence-corrected chi connectivity index (χ2v) is 8.20. The summed E-state index contributed by atoms with van der Waals surface area (Å²) >= 11 is 0. The summed E-state index contributed by atoms with van der Waals surface area (Å²) in [7, 11) is 0. The van der Waals surface area contributed by atoms with Crippen LogP contribution in [0.3, 0.4) is 0 Å². The van der Waals surface area contributed by atoms with Crippen LogP contribution in [0.25, 0.3) is 0 Å². The van der Waals surface area contributed by atoms with Gasteiger partial charge in [0.1, 0.15) is 17.4 Å². The van der Waals surface area contributed by atoms with Gasteiger partial charge in [-0.15, -0.1) is 0 Å². The second kappa shape index (κ2) is 9.56. The van der Waals surface area contributed by atoms with Gasteiger partial charge in [0.25, 0.3) is 5.92 Å². The zero-order chi connectivity index (χ0) is 23.4. The van der Waals surface area contributed by atoms with E-state index in [4.69, 9.17) is 4.74 Å². The highest BCUT2D eigenvalue weighted by Gasteiger charge is 2.47. The predicted octanol–water partition coefficient (Wildman–Crippen LogP) is 5.60. The molecule has 3 atom stereocenters. The van der Waals surface area contributed by atoms with Crippen LogP contribution in [0, 0.1) is 17.7 Å². The minimum absolute atomic E-state index is 0.185. The number of nitrogens with one attached hydrogen (secondary N) is 1. The average Bonchev–Trinajstić information content (AvgIpc) is 2.82. The summed E-state index contributed by atoms with van der Waals surface area (Å²) in [5.41, 5.74) is 0.542. The van der Waals surface area contributed by atoms with Crippen LogP contribution < -0.4 is 10.1 Å². The number of rotatable bonds is 6. The minimum Gasteiger partial charge on any atom is -0.437 e. The largest absolute Gasteiger partial charge is 0.437 e. The van der Waals surface area contributed by atoms with Gasteiger partial charge in [0.05, 0.1) is 12.4 Å². The molecule has 0 bridgehead atoms. The Kier molecular flexibility index (Phi) is 6.57. The van der Waals surface area contributed by atoms with E-state index in [0.717, 1.165) is 6.20 Å². The fourth-order valence-corrected chi connectivity index (χ4v) is 4.09. The number of hydrogen-bond acceptors (Lipinski definition) is 5. The van der Waals surface area contributed by atoms with Gasteiger partial charge in [-0.05, 0) is 54.7 Å². The second-order valence-electron chi connectivity index (χ2n) is 8.20. The maximum Gasteiger partial charge on any atom is 0.254 e. The van der Waals surface area contributed by atoms with E-state index in [1.54, 1.807) is 31.2 Å². The highest BCUT2D eigenvalue weighted by molar-refractivity contribution is 5.91. The van der Waals surface area contributed by atoms with Crippen LogP contribution in [0.1, 0.15) is 37.7 Å². The molecular formula is C24H23F3N4O2. The van der Waals surface area contributed by atoms with Gasteiger partial charge in [0.2, 0.25) is 11.8 Å². The number of anilines is 1. The molecular weight excluding hydrogens is 433 g/mol. The molecule has 3 aromatic heterocycles. The average molecular weight is 456 g/mol. The topological polar surface area (TPSA) is 77.0 Å². The summed E-state index contributed by atoms with van der Waals surface area (Å²) in [6.45, 7) is 1.75. The molecule has 0 radical (unpaired) electrons. The summed E-state index contributed by atoms with van der Waals surface area (Å²) in [5, 5.41) is 2.74. The fourth-order valence-electron chi connectivity index (χ4n) is 4.09. The number of pyridine rings is 3. The molecule has 1 aliphatic rings. The molecule has 4 rings (SSSR count). The Balaban J connectivity index is 1.37. The maximum absolute atomic E-state index is 14.6. The van der Waals surface area contributed by atoms with Gasteiger partial charge in [-0.1, -0.05) is 6.92 Å². The summed E-state index contributed by atoms with van der Waals surface area (Å²) in [6.07, 6.45) is 5.70. The quantitative estimate of drug-likeness (QED) is 0.523. The third kappa shape index (κ3) is 5.47. The molecule has 1 aliphatic carbocycles. The lowest BCUT2D eigenvalue weighted by Gasteiger charge is -2.38. The zero-order valence-corrected chi connectivity index (χ0v) is 17.9. The molecule has 1 saturated carbocycles. The molecule has 172 valence electrons. The number of aromatic nitrogens is 3. The smallest absolute Gasteiger partial charge is 0.254 e. The van der Waals surface area contributed by atoms with Crippen LogP contribution in [0.15, 0.2) is 61.2 Å². The van der Waals surface area contributed by atoms with Crippen molar-refractivity contribution in [3.05, 3.63) is 72.6 Å². The summed E-state index contributed by atoms with van der Waals surface area (Å²) in [5.74, 6) is -4.26. The Morgan fingerprint density at radius 1 is 1.12 bits per heavy atom. The molecule has 1 amide bonds. The van der Waals surface area contributed by atoms with Crippen molar-refractivity contribution in [1.82, 2.24) is 15.0 Å². The highest BCUT2D eigenvalue weighted by Crippen LogP contribution is 2.48. The molecule has 1 unspecified atom stereocenters. The molecule has 6 nitrogen and oxygen atoms in total. The molecule has 1 N–H and O–H groups in total. The van der Waals surface area contributed by atoms with Gasteiger partial charge >= 0.3 is 0 Å². The van der Waals surface area contributed by atoms with Crippen molar-refractivity contribution in [2.24, 2.45) is 11.8 Å². The monoisotopic (exact) mass is 456 g/mol. The zero-order valence-electron chi connectivity index (χ0n) is 17.9. The lowest BCUT2D eigenvalue weighted by molar-refractivity contribution is -0.124. The van der Waals surface area contributed by atoms with E-state index in [1.807, 2.05) is 0 Å². The first-order valence-electron chi connectivity index (χ1n) is 10.7. The van der Waals surface area contributed by atoms with Crippen LogP contribution in [0.5, 0.6) is 11.6 Å². The normalized spacial score (nSPS) is 20.6. The van der Waals surface area contributed by atoms with Crippen molar-refractivity contribution in [2.75, 3.05) is 5.32 Å². The van der Waals surface area contributed by atoms with Crippen LogP contribution in [0.4, 0.5) is 19.0 Å². The molecule has 0 aromatic carbocycles. The van der Waals surface area contributed by atoms with Gasteiger partial charge in [-0.3, -0.25) is 9.78 Å². The number of nitrogens with zero attached hydrogens (tertiary/aromatic N) is 3. The molecule has 3 aromatic rings. The Labute approximate surface area is 189 Å². The number of carbonyl (C=O) groups is 1. The van der Waals surface area contributed by atoms with Gasteiger partial charge in [0, 0.05) is 36.7 Å². The number of carbonyl (C=O) groups excluding carboxylic acids is 1. The molecule has 0 spiro atoms. The molecule has 0 saturated heterocycles. The summed E-state index contributed by atoms with van der Waals surface area (Å²) < 4.78 is 47.6. The predicted molar refractivity (Wildman–Crippen MR) is 116 cm³/mol. The van der Waals surface area contributed by atoms with Crippen LogP contribution >= 0.6 is 0 Å². The third-order valence-corrected chi connectivity index (χ3v) is 6.04. The number of alkyl halides is 2. The van der Waals surface area contributed by atoms with E-state index in [0.29, 0.717) is 17.1 Å². The van der Waals surface area contributed by atoms with Gasteiger partial charge in [-0.2, -0.15) is 0 Å². The van der Waals surface area contributed by atoms with E-state index in [2.05, 4.69) is 20.3 Å². The molecule has 0 aliphatic heterocycles. The first kappa shape index (κ1) is 22.7. The molecule has 3 heterocycles. The van der Waals surface area contributed by atoms with Crippen LogP contribution in [-0.4, -0.2) is 26.8 Å². The van der Waals surface area contributed by atoms with Crippen molar-refractivity contribution in [2.45, 2.75) is 38.0 Å². The SMILES string of the molecule is CC(C(=O)Nc1ccc(Oc2ccc(F)cn2)cn1)[C@H]1CCC(F)(F)[C@@H](c2ccncc2)C1. The molecule has 33 heavy (non-hydrogen) atoms. The lowest BCUT2D eigenvalue weighted by atomic mass is 9.71. The Bertz CT molecular complexity index is 1080. The highest BCUT2D eigenvalue weighted by atomic mass is 19.3. The first-order valence-corrected chi connectivity index (χ1v) is 10.7. The fraction of sp³-hybridized carbons (Fsp3) is 0.333. The van der Waals surface area contributed by atoms with E-state index in [1.165, 1.54) is 30.7 Å². The van der Waals surface area contributed by atoms with Gasteiger partial charge < -0.3 is 10.1 Å². The van der Waals surface area contributed by atoms with E-state index >= 15 is 0 Å². The Hall–Kier alpha value is -3.49. The first-order chi connectivity index (χ1) is 15.8. The van der Waals surface area contributed by atoms with Gasteiger partial charge in [-0.25, -0.2) is 23.1 Å². The number of ether oxygens (including phenoxy) is 1. The maximum atomic E-state index is 14.6. The summed E-state index contributed by atoms with van der Waals surface area (Å²) in [6, 6.07) is 9.00. The van der Waals surface area contributed by atoms with Crippen LogP contribution in [-0.2, 0) is 4.79 Å². The van der Waals surface area contributed by atoms with Crippen molar-refractivity contribution in [1.29, 1.82) is 0 Å². The number of amides is 1. The number of halogens is 3. The van der Waals surface area contributed by atoms with E-state index in [9.17, 15) is 18.0 Å². The lowest BCUT2D eigenvalue weighted by Crippen LogP contribution is -2.38. The van der Waals surface area contributed by atoms with Crippen molar-refractivity contribution in [3.63, 3.8) is 0 Å². The molecule has 1 fully saturated rings. The molecule has 9 heteroatoms. The number of hydrogen-bond donors (Lipinski definition) is 1. The van der Waals surface area contributed by atoms with E-state index in [-0.39, 0.29) is 37.0 Å². The van der Waals surface area contributed by atoms with Crippen LogP contribution in [0.2, 0.25) is 0 Å². The van der Waals surface area contributed by atoms with Crippen molar-refractivity contribution < 1.29 is 22.7 Å². The summed E-state index contributed by atoms with van der Waals surface area (Å²) in [4.78, 5) is 24.7. The third-order valence-electron chi connectivity index (χ3n) is 6.04.